The van der Waals surface area contributed by atoms with Crippen LogP contribution in [0.15, 0.2) is 5.38 Å². The van der Waals surface area contributed by atoms with E-state index < -0.39 is 5.97 Å². The van der Waals surface area contributed by atoms with Crippen molar-refractivity contribution in [3.8, 4) is 0 Å². The molecule has 0 bridgehead atoms. The molecule has 0 spiro atoms. The highest BCUT2D eigenvalue weighted by Gasteiger charge is 2.45. The summed E-state index contributed by atoms with van der Waals surface area (Å²) in [5.74, 6) is -0.512. The van der Waals surface area contributed by atoms with Crippen LogP contribution in [0.5, 0.6) is 0 Å². The molecular formula is C13H19N3O3S. The van der Waals surface area contributed by atoms with Gasteiger partial charge in [0.05, 0.1) is 6.04 Å². The zero-order chi connectivity index (χ0) is 14.9. The highest BCUT2D eigenvalue weighted by Crippen LogP contribution is 2.50. The molecule has 0 saturated heterocycles. The van der Waals surface area contributed by atoms with E-state index in [2.05, 4.69) is 29.5 Å². The fourth-order valence-electron chi connectivity index (χ4n) is 2.03. The van der Waals surface area contributed by atoms with Crippen molar-refractivity contribution >= 4 is 23.3 Å². The second-order valence-electron chi connectivity index (χ2n) is 5.84. The lowest BCUT2D eigenvalue weighted by Crippen LogP contribution is -2.38. The molecule has 0 aliphatic heterocycles. The molecule has 6 nitrogen and oxygen atoms in total. The normalized spacial score (nSPS) is 21.1. The topological polar surface area (TPSA) is 91.3 Å². The van der Waals surface area contributed by atoms with Gasteiger partial charge in [0.1, 0.15) is 5.01 Å². The van der Waals surface area contributed by atoms with Crippen LogP contribution in [0, 0.1) is 11.3 Å². The number of amides is 2. The maximum Gasteiger partial charge on any atom is 0.355 e. The van der Waals surface area contributed by atoms with Crippen molar-refractivity contribution in [2.45, 2.75) is 33.2 Å². The monoisotopic (exact) mass is 297 g/mol. The van der Waals surface area contributed by atoms with Crippen LogP contribution in [0.4, 0.5) is 4.79 Å². The van der Waals surface area contributed by atoms with E-state index >= 15 is 0 Å². The fraction of sp³-hybridized carbons (Fsp3) is 0.615. The molecule has 1 fully saturated rings. The third-order valence-electron chi connectivity index (χ3n) is 3.69. The molecule has 1 aliphatic carbocycles. The van der Waals surface area contributed by atoms with Crippen LogP contribution in [0.3, 0.4) is 0 Å². The Kier molecular flexibility index (Phi) is 3.99. The molecule has 0 radical (unpaired) electrons. The molecule has 1 aromatic rings. The number of thiazole rings is 1. The predicted molar refractivity (Wildman–Crippen MR) is 75.9 cm³/mol. The third-order valence-corrected chi connectivity index (χ3v) is 4.71. The molecular weight excluding hydrogens is 278 g/mol. The van der Waals surface area contributed by atoms with Gasteiger partial charge in [-0.3, -0.25) is 0 Å². The van der Waals surface area contributed by atoms with Crippen molar-refractivity contribution in [3.05, 3.63) is 16.1 Å². The van der Waals surface area contributed by atoms with Crippen LogP contribution in [-0.4, -0.2) is 28.6 Å². The highest BCUT2D eigenvalue weighted by molar-refractivity contribution is 7.09. The van der Waals surface area contributed by atoms with Crippen LogP contribution in [0.1, 0.15) is 48.7 Å². The minimum Gasteiger partial charge on any atom is -0.476 e. The molecule has 1 saturated carbocycles. The molecule has 20 heavy (non-hydrogen) atoms. The number of carbonyl (C=O) groups is 2. The summed E-state index contributed by atoms with van der Waals surface area (Å²) in [6.45, 7) is 6.82. The summed E-state index contributed by atoms with van der Waals surface area (Å²) in [5.41, 5.74) is 0.351. The molecule has 2 atom stereocenters. The zero-order valence-electron chi connectivity index (χ0n) is 11.8. The van der Waals surface area contributed by atoms with Crippen molar-refractivity contribution in [2.24, 2.45) is 11.3 Å². The Labute approximate surface area is 121 Å². The molecule has 1 aliphatic rings. The van der Waals surface area contributed by atoms with E-state index in [9.17, 15) is 9.59 Å². The Hall–Kier alpha value is -1.63. The largest absolute Gasteiger partial charge is 0.476 e. The van der Waals surface area contributed by atoms with E-state index in [1.54, 1.807) is 6.92 Å². The Bertz CT molecular complexity index is 527. The first-order chi connectivity index (χ1) is 9.29. The van der Waals surface area contributed by atoms with Crippen molar-refractivity contribution in [2.75, 3.05) is 6.54 Å². The molecule has 110 valence electrons. The van der Waals surface area contributed by atoms with Crippen LogP contribution in [-0.2, 0) is 0 Å². The van der Waals surface area contributed by atoms with Gasteiger partial charge >= 0.3 is 12.0 Å². The number of rotatable bonds is 5. The second kappa shape index (κ2) is 5.40. The fourth-order valence-corrected chi connectivity index (χ4v) is 2.83. The van der Waals surface area contributed by atoms with Crippen molar-refractivity contribution in [3.63, 3.8) is 0 Å². The predicted octanol–water partition coefficient (Wildman–Crippen LogP) is 2.25. The van der Waals surface area contributed by atoms with Crippen molar-refractivity contribution in [1.82, 2.24) is 15.6 Å². The number of hydrogen-bond acceptors (Lipinski definition) is 4. The van der Waals surface area contributed by atoms with E-state index in [0.717, 1.165) is 6.42 Å². The second-order valence-corrected chi connectivity index (χ2v) is 6.73. The number of urea groups is 1. The Morgan fingerprint density at radius 1 is 1.60 bits per heavy atom. The molecule has 3 N–H and O–H groups in total. The average Bonchev–Trinajstić information content (AvgIpc) is 2.80. The summed E-state index contributed by atoms with van der Waals surface area (Å²) in [7, 11) is 0. The van der Waals surface area contributed by atoms with Crippen LogP contribution in [0.25, 0.3) is 0 Å². The van der Waals surface area contributed by atoms with E-state index in [1.807, 2.05) is 0 Å². The quantitative estimate of drug-likeness (QED) is 0.777. The lowest BCUT2D eigenvalue weighted by molar-refractivity contribution is 0.0691. The lowest BCUT2D eigenvalue weighted by Gasteiger charge is -2.12. The van der Waals surface area contributed by atoms with Gasteiger partial charge in [0, 0.05) is 11.9 Å². The first-order valence-corrected chi connectivity index (χ1v) is 7.40. The maximum absolute atomic E-state index is 11.7. The van der Waals surface area contributed by atoms with Gasteiger partial charge in [-0.15, -0.1) is 11.3 Å². The van der Waals surface area contributed by atoms with Gasteiger partial charge in [0.15, 0.2) is 5.69 Å². The SMILES string of the molecule is CC(NC(=O)NCC1CC1(C)C)c1nc(C(=O)O)cs1. The van der Waals surface area contributed by atoms with Gasteiger partial charge in [-0.1, -0.05) is 13.8 Å². The van der Waals surface area contributed by atoms with E-state index in [0.29, 0.717) is 22.9 Å². The summed E-state index contributed by atoms with van der Waals surface area (Å²) in [5, 5.41) is 16.5. The van der Waals surface area contributed by atoms with Crippen molar-refractivity contribution < 1.29 is 14.7 Å². The van der Waals surface area contributed by atoms with Crippen LogP contribution < -0.4 is 10.6 Å². The lowest BCUT2D eigenvalue weighted by atomic mass is 10.1. The average molecular weight is 297 g/mol. The standard InChI is InChI=1S/C13H19N3O3S/c1-7(10-16-9(6-20-10)11(17)18)15-12(19)14-5-8-4-13(8,2)3/h6-8H,4-5H2,1-3H3,(H,17,18)(H2,14,15,19). The summed E-state index contributed by atoms with van der Waals surface area (Å²) >= 11 is 1.23. The van der Waals surface area contributed by atoms with Gasteiger partial charge < -0.3 is 15.7 Å². The Morgan fingerprint density at radius 2 is 2.25 bits per heavy atom. The van der Waals surface area contributed by atoms with E-state index in [-0.39, 0.29) is 17.8 Å². The minimum absolute atomic E-state index is 0.0128. The Balaban J connectivity index is 1.79. The van der Waals surface area contributed by atoms with Gasteiger partial charge in [0.25, 0.3) is 0 Å². The first kappa shape index (κ1) is 14.8. The number of nitrogens with zero attached hydrogens (tertiary/aromatic N) is 1. The number of carbonyl (C=O) groups excluding carboxylic acids is 1. The molecule has 7 heteroatoms. The zero-order valence-corrected chi connectivity index (χ0v) is 12.6. The molecule has 1 aromatic heterocycles. The third kappa shape index (κ3) is 3.47. The summed E-state index contributed by atoms with van der Waals surface area (Å²) < 4.78 is 0. The van der Waals surface area contributed by atoms with Crippen molar-refractivity contribution in [1.29, 1.82) is 0 Å². The number of aromatic carboxylic acids is 1. The summed E-state index contributed by atoms with van der Waals surface area (Å²) in [6, 6.07) is -0.549. The van der Waals surface area contributed by atoms with E-state index in [1.165, 1.54) is 16.7 Å². The molecule has 2 rings (SSSR count). The molecule has 0 aromatic carbocycles. The van der Waals surface area contributed by atoms with Crippen LogP contribution >= 0.6 is 11.3 Å². The summed E-state index contributed by atoms with van der Waals surface area (Å²) in [4.78, 5) is 26.5. The molecule has 2 amide bonds. The molecule has 2 unspecified atom stereocenters. The van der Waals surface area contributed by atoms with Gasteiger partial charge in [0.2, 0.25) is 0 Å². The van der Waals surface area contributed by atoms with E-state index in [4.69, 9.17) is 5.11 Å². The van der Waals surface area contributed by atoms with Gasteiger partial charge in [-0.05, 0) is 24.7 Å². The number of aromatic nitrogens is 1. The summed E-state index contributed by atoms with van der Waals surface area (Å²) in [6.07, 6.45) is 1.14. The van der Waals surface area contributed by atoms with Gasteiger partial charge in [-0.2, -0.15) is 0 Å². The number of carboxylic acids is 1. The molecule has 1 heterocycles. The van der Waals surface area contributed by atoms with Gasteiger partial charge in [-0.25, -0.2) is 14.6 Å². The number of nitrogens with one attached hydrogen (secondary N) is 2. The smallest absolute Gasteiger partial charge is 0.355 e. The highest BCUT2D eigenvalue weighted by atomic mass is 32.1. The minimum atomic E-state index is -1.06. The Morgan fingerprint density at radius 3 is 2.75 bits per heavy atom. The van der Waals surface area contributed by atoms with Crippen LogP contribution in [0.2, 0.25) is 0 Å². The number of carboxylic acid groups (broad SMARTS) is 1. The first-order valence-electron chi connectivity index (χ1n) is 6.52. The maximum atomic E-state index is 11.7. The number of hydrogen-bond donors (Lipinski definition) is 3.